The number of hydrogen-bond acceptors (Lipinski definition) is 3. The quantitative estimate of drug-likeness (QED) is 0.592. The van der Waals surface area contributed by atoms with E-state index in [1.807, 2.05) is 30.3 Å². The van der Waals surface area contributed by atoms with E-state index in [2.05, 4.69) is 4.98 Å². The van der Waals surface area contributed by atoms with Gasteiger partial charge >= 0.3 is 6.18 Å². The maximum absolute atomic E-state index is 12.8. The molecule has 3 rings (SSSR count). The van der Waals surface area contributed by atoms with E-state index >= 15 is 0 Å². The molecule has 0 aliphatic heterocycles. The van der Waals surface area contributed by atoms with E-state index in [0.29, 0.717) is 29.9 Å². The topological polar surface area (TPSA) is 39.2 Å². The van der Waals surface area contributed by atoms with Crippen molar-refractivity contribution in [3.63, 3.8) is 0 Å². The lowest BCUT2D eigenvalue weighted by atomic mass is 9.99. The van der Waals surface area contributed by atoms with Gasteiger partial charge in [-0.25, -0.2) is 4.98 Å². The second kappa shape index (κ2) is 7.39. The van der Waals surface area contributed by atoms with Crippen molar-refractivity contribution in [3.8, 4) is 17.0 Å². The van der Waals surface area contributed by atoms with Gasteiger partial charge in [-0.2, -0.15) is 13.2 Å². The Morgan fingerprint density at radius 1 is 1.00 bits per heavy atom. The Kier molecular flexibility index (Phi) is 5.02. The van der Waals surface area contributed by atoms with Crippen LogP contribution < -0.4 is 4.74 Å². The van der Waals surface area contributed by atoms with Crippen LogP contribution in [0.3, 0.4) is 0 Å². The number of alkyl halides is 3. The van der Waals surface area contributed by atoms with E-state index in [1.54, 1.807) is 12.1 Å². The minimum absolute atomic E-state index is 0.0421. The number of halogens is 3. The molecule has 0 atom stereocenters. The lowest BCUT2D eigenvalue weighted by Gasteiger charge is -2.11. The molecule has 0 unspecified atom stereocenters. The molecule has 26 heavy (non-hydrogen) atoms. The number of carbonyl (C=O) groups excluding carboxylic acids is 1. The highest BCUT2D eigenvalue weighted by Crippen LogP contribution is 2.33. The summed E-state index contributed by atoms with van der Waals surface area (Å²) in [5, 5.41) is 0. The van der Waals surface area contributed by atoms with Crippen molar-refractivity contribution >= 4 is 6.29 Å². The standard InChI is InChI=1S/C20H14F3NO2/c21-20(22,23)17-7-8-18(16(10-17)12-25)15-6-9-19(24-11-15)26-13-14-4-2-1-3-5-14/h1-12H,13H2. The summed E-state index contributed by atoms with van der Waals surface area (Å²) in [6, 6.07) is 15.9. The third kappa shape index (κ3) is 4.08. The highest BCUT2D eigenvalue weighted by Gasteiger charge is 2.31. The molecule has 0 saturated heterocycles. The number of carbonyl (C=O) groups is 1. The van der Waals surface area contributed by atoms with Crippen LogP contribution in [0.1, 0.15) is 21.5 Å². The number of pyridine rings is 1. The predicted octanol–water partition coefficient (Wildman–Crippen LogP) is 5.16. The third-order valence-corrected chi connectivity index (χ3v) is 3.78. The summed E-state index contributed by atoms with van der Waals surface area (Å²) in [6.45, 7) is 0.354. The van der Waals surface area contributed by atoms with Gasteiger partial charge in [-0.1, -0.05) is 36.4 Å². The van der Waals surface area contributed by atoms with Crippen molar-refractivity contribution in [1.82, 2.24) is 4.98 Å². The molecule has 0 fully saturated rings. The maximum atomic E-state index is 12.8. The molecule has 0 amide bonds. The van der Waals surface area contributed by atoms with Gasteiger partial charge in [0.15, 0.2) is 6.29 Å². The maximum Gasteiger partial charge on any atom is 0.416 e. The molecular weight excluding hydrogens is 343 g/mol. The van der Waals surface area contributed by atoms with Gasteiger partial charge < -0.3 is 4.74 Å². The zero-order valence-corrected chi connectivity index (χ0v) is 13.5. The van der Waals surface area contributed by atoms with Crippen LogP contribution in [-0.4, -0.2) is 11.3 Å². The van der Waals surface area contributed by atoms with Crippen molar-refractivity contribution in [2.24, 2.45) is 0 Å². The van der Waals surface area contributed by atoms with Gasteiger partial charge in [0.05, 0.1) is 5.56 Å². The first-order valence-electron chi connectivity index (χ1n) is 7.77. The first-order valence-corrected chi connectivity index (χ1v) is 7.77. The number of aldehydes is 1. The Balaban J connectivity index is 1.79. The van der Waals surface area contributed by atoms with E-state index in [0.717, 1.165) is 17.7 Å². The Labute approximate surface area is 148 Å². The Morgan fingerprint density at radius 2 is 1.77 bits per heavy atom. The minimum Gasteiger partial charge on any atom is -0.473 e. The molecule has 0 N–H and O–H groups in total. The number of hydrogen-bond donors (Lipinski definition) is 0. The van der Waals surface area contributed by atoms with Crippen LogP contribution in [0, 0.1) is 0 Å². The van der Waals surface area contributed by atoms with Gasteiger partial charge in [0.25, 0.3) is 0 Å². The average Bonchev–Trinajstić information content (AvgIpc) is 2.66. The van der Waals surface area contributed by atoms with Crippen molar-refractivity contribution in [2.75, 3.05) is 0 Å². The van der Waals surface area contributed by atoms with Crippen LogP contribution in [0.25, 0.3) is 11.1 Å². The van der Waals surface area contributed by atoms with Crippen molar-refractivity contribution in [3.05, 3.63) is 83.6 Å². The molecule has 0 aliphatic rings. The second-order valence-corrected chi connectivity index (χ2v) is 5.58. The molecule has 2 aromatic carbocycles. The Bertz CT molecular complexity index is 891. The van der Waals surface area contributed by atoms with Gasteiger partial charge in [-0.3, -0.25) is 4.79 Å². The SMILES string of the molecule is O=Cc1cc(C(F)(F)F)ccc1-c1ccc(OCc2ccccc2)nc1. The number of rotatable bonds is 5. The molecule has 0 spiro atoms. The second-order valence-electron chi connectivity index (χ2n) is 5.58. The molecule has 0 radical (unpaired) electrons. The molecule has 0 aliphatic carbocycles. The third-order valence-electron chi connectivity index (χ3n) is 3.78. The van der Waals surface area contributed by atoms with E-state index in [9.17, 15) is 18.0 Å². The fourth-order valence-electron chi connectivity index (χ4n) is 2.46. The monoisotopic (exact) mass is 357 g/mol. The molecular formula is C20H14F3NO2. The van der Waals surface area contributed by atoms with Gasteiger partial charge in [0.2, 0.25) is 5.88 Å². The molecule has 0 bridgehead atoms. The summed E-state index contributed by atoms with van der Waals surface area (Å²) >= 11 is 0. The van der Waals surface area contributed by atoms with E-state index in [1.165, 1.54) is 12.3 Å². The molecule has 3 nitrogen and oxygen atoms in total. The number of benzene rings is 2. The molecule has 1 aromatic heterocycles. The lowest BCUT2D eigenvalue weighted by Crippen LogP contribution is -2.06. The highest BCUT2D eigenvalue weighted by atomic mass is 19.4. The molecule has 6 heteroatoms. The normalized spacial score (nSPS) is 11.2. The van der Waals surface area contributed by atoms with Crippen LogP contribution in [-0.2, 0) is 12.8 Å². The van der Waals surface area contributed by atoms with Crippen LogP contribution in [0.5, 0.6) is 5.88 Å². The number of ether oxygens (including phenoxy) is 1. The largest absolute Gasteiger partial charge is 0.473 e. The number of nitrogens with zero attached hydrogens (tertiary/aromatic N) is 1. The van der Waals surface area contributed by atoms with Crippen LogP contribution in [0.4, 0.5) is 13.2 Å². The van der Waals surface area contributed by atoms with Gasteiger partial charge in [-0.05, 0) is 29.3 Å². The number of aromatic nitrogens is 1. The molecule has 1 heterocycles. The fourth-order valence-corrected chi connectivity index (χ4v) is 2.46. The summed E-state index contributed by atoms with van der Waals surface area (Å²) in [5.74, 6) is 0.386. The smallest absolute Gasteiger partial charge is 0.416 e. The van der Waals surface area contributed by atoms with Crippen LogP contribution in [0.15, 0.2) is 66.9 Å². The minimum atomic E-state index is -4.50. The zero-order valence-electron chi connectivity index (χ0n) is 13.5. The Morgan fingerprint density at radius 3 is 2.38 bits per heavy atom. The van der Waals surface area contributed by atoms with Crippen molar-refractivity contribution in [2.45, 2.75) is 12.8 Å². The summed E-state index contributed by atoms with van der Waals surface area (Å²) < 4.78 is 43.9. The van der Waals surface area contributed by atoms with Gasteiger partial charge in [-0.15, -0.1) is 0 Å². The lowest BCUT2D eigenvalue weighted by molar-refractivity contribution is -0.137. The van der Waals surface area contributed by atoms with Gasteiger partial charge in [0, 0.05) is 23.4 Å². The first kappa shape index (κ1) is 17.7. The zero-order chi connectivity index (χ0) is 18.6. The molecule has 3 aromatic rings. The van der Waals surface area contributed by atoms with Crippen molar-refractivity contribution < 1.29 is 22.7 Å². The fraction of sp³-hybridized carbons (Fsp3) is 0.100. The van der Waals surface area contributed by atoms with Gasteiger partial charge in [0.1, 0.15) is 6.61 Å². The van der Waals surface area contributed by atoms with E-state index < -0.39 is 11.7 Å². The summed E-state index contributed by atoms with van der Waals surface area (Å²) in [7, 11) is 0. The predicted molar refractivity (Wildman–Crippen MR) is 90.8 cm³/mol. The van der Waals surface area contributed by atoms with Crippen LogP contribution >= 0.6 is 0 Å². The molecule has 0 saturated carbocycles. The Hall–Kier alpha value is -3.15. The summed E-state index contributed by atoms with van der Waals surface area (Å²) in [5.41, 5.74) is 1.01. The summed E-state index contributed by atoms with van der Waals surface area (Å²) in [6.07, 6.45) is -2.62. The van der Waals surface area contributed by atoms with Crippen molar-refractivity contribution in [1.29, 1.82) is 0 Å². The molecule has 132 valence electrons. The summed E-state index contributed by atoms with van der Waals surface area (Å²) in [4.78, 5) is 15.4. The van der Waals surface area contributed by atoms with E-state index in [-0.39, 0.29) is 5.56 Å². The van der Waals surface area contributed by atoms with Crippen LogP contribution in [0.2, 0.25) is 0 Å². The average molecular weight is 357 g/mol. The van der Waals surface area contributed by atoms with E-state index in [4.69, 9.17) is 4.74 Å². The highest BCUT2D eigenvalue weighted by molar-refractivity contribution is 5.87. The first-order chi connectivity index (χ1) is 12.5.